The van der Waals surface area contributed by atoms with Crippen molar-refractivity contribution in [2.45, 2.75) is 25.8 Å². The zero-order chi connectivity index (χ0) is 15.8. The van der Waals surface area contributed by atoms with Gasteiger partial charge < -0.3 is 9.72 Å². The number of H-pyrrole nitrogens is 1. The number of methoxy groups -OCH3 is 1. The summed E-state index contributed by atoms with van der Waals surface area (Å²) >= 11 is 1.69. The highest BCUT2D eigenvalue weighted by atomic mass is 32.1. The van der Waals surface area contributed by atoms with E-state index in [2.05, 4.69) is 16.0 Å². The maximum atomic E-state index is 12.3. The van der Waals surface area contributed by atoms with Gasteiger partial charge in [0.15, 0.2) is 0 Å². The molecule has 2 aromatic heterocycles. The molecule has 4 nitrogen and oxygen atoms in total. The Balaban J connectivity index is 1.84. The Bertz CT molecular complexity index is 906. The van der Waals surface area contributed by atoms with Crippen molar-refractivity contribution < 1.29 is 4.74 Å². The number of piperidine rings is 1. The van der Waals surface area contributed by atoms with Gasteiger partial charge in [-0.1, -0.05) is 12.5 Å². The predicted molar refractivity (Wildman–Crippen MR) is 95.6 cm³/mol. The SMILES string of the molecule is COc1cccc2c(=O)[nH]c3sc(CN4CCCCC4)cc3c12. The molecule has 0 atom stereocenters. The molecule has 5 heteroatoms. The number of nitrogens with zero attached hydrogens (tertiary/aromatic N) is 1. The second-order valence-electron chi connectivity index (χ2n) is 6.13. The fourth-order valence-electron chi connectivity index (χ4n) is 3.48. The maximum Gasteiger partial charge on any atom is 0.257 e. The van der Waals surface area contributed by atoms with E-state index in [0.717, 1.165) is 27.9 Å². The summed E-state index contributed by atoms with van der Waals surface area (Å²) in [7, 11) is 1.66. The van der Waals surface area contributed by atoms with Crippen molar-refractivity contribution >= 4 is 32.3 Å². The number of benzene rings is 1. The quantitative estimate of drug-likeness (QED) is 0.797. The minimum Gasteiger partial charge on any atom is -0.496 e. The van der Waals surface area contributed by atoms with Gasteiger partial charge in [0.05, 0.1) is 12.5 Å². The van der Waals surface area contributed by atoms with Crippen molar-refractivity contribution in [1.29, 1.82) is 0 Å². The van der Waals surface area contributed by atoms with E-state index < -0.39 is 0 Å². The van der Waals surface area contributed by atoms with Crippen LogP contribution in [0.25, 0.3) is 21.0 Å². The van der Waals surface area contributed by atoms with Crippen molar-refractivity contribution in [3.63, 3.8) is 0 Å². The highest BCUT2D eigenvalue weighted by molar-refractivity contribution is 7.18. The van der Waals surface area contributed by atoms with Crippen LogP contribution in [0.15, 0.2) is 29.1 Å². The second-order valence-corrected chi connectivity index (χ2v) is 7.27. The van der Waals surface area contributed by atoms with Gasteiger partial charge in [-0.25, -0.2) is 0 Å². The van der Waals surface area contributed by atoms with Crippen LogP contribution in [0, 0.1) is 0 Å². The number of thiophene rings is 1. The molecule has 1 fully saturated rings. The first-order valence-electron chi connectivity index (χ1n) is 8.10. The number of fused-ring (bicyclic) bond motifs is 3. The molecule has 3 heterocycles. The van der Waals surface area contributed by atoms with Gasteiger partial charge in [-0.05, 0) is 44.1 Å². The van der Waals surface area contributed by atoms with E-state index in [9.17, 15) is 4.79 Å². The molecule has 0 radical (unpaired) electrons. The molecule has 1 aromatic carbocycles. The number of nitrogens with one attached hydrogen (secondary N) is 1. The lowest BCUT2D eigenvalue weighted by atomic mass is 10.1. The maximum absolute atomic E-state index is 12.3. The molecule has 0 saturated carbocycles. The Morgan fingerprint density at radius 3 is 2.83 bits per heavy atom. The molecule has 1 N–H and O–H groups in total. The fourth-order valence-corrected chi connectivity index (χ4v) is 4.58. The number of likely N-dealkylation sites (tertiary alicyclic amines) is 1. The van der Waals surface area contributed by atoms with Crippen LogP contribution in [-0.4, -0.2) is 30.1 Å². The Labute approximate surface area is 138 Å². The number of ether oxygens (including phenoxy) is 1. The van der Waals surface area contributed by atoms with E-state index >= 15 is 0 Å². The third kappa shape index (κ3) is 2.64. The summed E-state index contributed by atoms with van der Waals surface area (Å²) in [6, 6.07) is 7.86. The van der Waals surface area contributed by atoms with Crippen LogP contribution in [0.3, 0.4) is 0 Å². The smallest absolute Gasteiger partial charge is 0.257 e. The highest BCUT2D eigenvalue weighted by Gasteiger charge is 2.15. The Morgan fingerprint density at radius 1 is 1.22 bits per heavy atom. The van der Waals surface area contributed by atoms with Crippen molar-refractivity contribution in [2.24, 2.45) is 0 Å². The first-order valence-corrected chi connectivity index (χ1v) is 8.91. The average Bonchev–Trinajstić information content (AvgIpc) is 2.97. The summed E-state index contributed by atoms with van der Waals surface area (Å²) in [4.78, 5) is 20.1. The molecule has 120 valence electrons. The van der Waals surface area contributed by atoms with Crippen LogP contribution in [0.2, 0.25) is 0 Å². The molecular formula is C18H20N2O2S. The van der Waals surface area contributed by atoms with Crippen LogP contribution in [0.5, 0.6) is 5.75 Å². The Hall–Kier alpha value is -1.85. The first-order chi connectivity index (χ1) is 11.3. The number of rotatable bonds is 3. The van der Waals surface area contributed by atoms with Crippen LogP contribution in [0.1, 0.15) is 24.1 Å². The van der Waals surface area contributed by atoms with Crippen LogP contribution < -0.4 is 10.3 Å². The van der Waals surface area contributed by atoms with Gasteiger partial charge in [0.2, 0.25) is 0 Å². The van der Waals surface area contributed by atoms with Gasteiger partial charge in [-0.3, -0.25) is 9.69 Å². The van der Waals surface area contributed by atoms with E-state index in [-0.39, 0.29) is 5.56 Å². The van der Waals surface area contributed by atoms with Gasteiger partial charge in [-0.2, -0.15) is 0 Å². The van der Waals surface area contributed by atoms with Crippen LogP contribution in [-0.2, 0) is 6.54 Å². The largest absolute Gasteiger partial charge is 0.496 e. The molecule has 0 spiro atoms. The van der Waals surface area contributed by atoms with E-state index in [1.54, 1.807) is 18.4 Å². The van der Waals surface area contributed by atoms with Crippen LogP contribution in [0.4, 0.5) is 0 Å². The predicted octanol–water partition coefficient (Wildman–Crippen LogP) is 3.74. The van der Waals surface area contributed by atoms with E-state index in [1.807, 2.05) is 18.2 Å². The summed E-state index contributed by atoms with van der Waals surface area (Å²) < 4.78 is 5.49. The van der Waals surface area contributed by atoms with Gasteiger partial charge in [0.25, 0.3) is 5.56 Å². The Kier molecular flexibility index (Phi) is 3.83. The number of aromatic nitrogens is 1. The number of pyridine rings is 1. The molecule has 1 saturated heterocycles. The van der Waals surface area contributed by atoms with Gasteiger partial charge in [0.1, 0.15) is 10.6 Å². The normalized spacial score (nSPS) is 16.2. The molecular weight excluding hydrogens is 308 g/mol. The summed E-state index contributed by atoms with van der Waals surface area (Å²) in [5.41, 5.74) is -0.0437. The number of aromatic amines is 1. The summed E-state index contributed by atoms with van der Waals surface area (Å²) in [6.07, 6.45) is 3.93. The minimum absolute atomic E-state index is 0.0437. The lowest BCUT2D eigenvalue weighted by Crippen LogP contribution is -2.28. The average molecular weight is 328 g/mol. The first kappa shape index (κ1) is 14.7. The van der Waals surface area contributed by atoms with E-state index in [1.165, 1.54) is 37.2 Å². The monoisotopic (exact) mass is 328 g/mol. The molecule has 0 aliphatic carbocycles. The minimum atomic E-state index is -0.0437. The summed E-state index contributed by atoms with van der Waals surface area (Å²) in [6.45, 7) is 3.32. The molecule has 0 unspecified atom stereocenters. The summed E-state index contributed by atoms with van der Waals surface area (Å²) in [5, 5.41) is 2.71. The second kappa shape index (κ2) is 5.98. The standard InChI is InChI=1S/C18H20N2O2S/c1-22-15-7-5-6-13-16(15)14-10-12(23-18(14)19-17(13)21)11-20-8-3-2-4-9-20/h5-7,10H,2-4,8-9,11H2,1H3,(H,19,21). The molecule has 4 rings (SSSR count). The summed E-state index contributed by atoms with van der Waals surface area (Å²) in [5.74, 6) is 0.765. The van der Waals surface area contributed by atoms with Crippen molar-refractivity contribution in [3.8, 4) is 5.75 Å². The fraction of sp³-hybridized carbons (Fsp3) is 0.389. The van der Waals surface area contributed by atoms with Crippen molar-refractivity contribution in [3.05, 3.63) is 39.5 Å². The van der Waals surface area contributed by atoms with Gasteiger partial charge >= 0.3 is 0 Å². The Morgan fingerprint density at radius 2 is 2.04 bits per heavy atom. The van der Waals surface area contributed by atoms with Crippen molar-refractivity contribution in [2.75, 3.05) is 20.2 Å². The molecule has 0 amide bonds. The number of hydrogen-bond donors (Lipinski definition) is 1. The van der Waals surface area contributed by atoms with Crippen LogP contribution >= 0.6 is 11.3 Å². The third-order valence-electron chi connectivity index (χ3n) is 4.60. The zero-order valence-corrected chi connectivity index (χ0v) is 14.0. The topological polar surface area (TPSA) is 45.3 Å². The molecule has 1 aliphatic rings. The van der Waals surface area contributed by atoms with Gasteiger partial charge in [0, 0.05) is 22.2 Å². The van der Waals surface area contributed by atoms with E-state index in [0.29, 0.717) is 5.39 Å². The lowest BCUT2D eigenvalue weighted by molar-refractivity contribution is 0.223. The van der Waals surface area contributed by atoms with Crippen molar-refractivity contribution in [1.82, 2.24) is 9.88 Å². The molecule has 3 aromatic rings. The van der Waals surface area contributed by atoms with Gasteiger partial charge in [-0.15, -0.1) is 11.3 Å². The molecule has 1 aliphatic heterocycles. The molecule has 23 heavy (non-hydrogen) atoms. The zero-order valence-electron chi connectivity index (χ0n) is 13.2. The van der Waals surface area contributed by atoms with E-state index in [4.69, 9.17) is 4.74 Å². The number of hydrogen-bond acceptors (Lipinski definition) is 4. The lowest BCUT2D eigenvalue weighted by Gasteiger charge is -2.25. The molecule has 0 bridgehead atoms. The highest BCUT2D eigenvalue weighted by Crippen LogP contribution is 2.34. The third-order valence-corrected chi connectivity index (χ3v) is 5.63.